The topological polar surface area (TPSA) is 55.8 Å². The number of carbonyl (C=O) groups is 1. The number of hydrogen-bond acceptors (Lipinski definition) is 4. The third kappa shape index (κ3) is 41.4. The molecule has 1 atom stereocenters. The monoisotopic (exact) mass is 705 g/mol. The predicted molar refractivity (Wildman–Crippen MR) is 223 cm³/mol. The van der Waals surface area contributed by atoms with Crippen LogP contribution >= 0.6 is 0 Å². The number of esters is 1. The fraction of sp³-hybridized carbons (Fsp3) is 0.596. The Kier molecular flexibility index (Phi) is 40.7. The van der Waals surface area contributed by atoms with E-state index in [1.54, 1.807) is 0 Å². The summed E-state index contributed by atoms with van der Waals surface area (Å²) in [7, 11) is 0. The summed E-state index contributed by atoms with van der Waals surface area (Å²) in [6.45, 7) is 4.99. The number of unbranched alkanes of at least 4 members (excludes halogenated alkanes) is 10. The molecule has 0 saturated heterocycles. The molecule has 4 heteroatoms. The first-order valence-electron chi connectivity index (χ1n) is 20.5. The van der Waals surface area contributed by atoms with Crippen molar-refractivity contribution in [1.82, 2.24) is 0 Å². The van der Waals surface area contributed by atoms with Crippen LogP contribution in [0.4, 0.5) is 0 Å². The van der Waals surface area contributed by atoms with Crippen molar-refractivity contribution >= 4 is 5.97 Å². The molecule has 0 fully saturated rings. The molecule has 0 aromatic rings. The van der Waals surface area contributed by atoms with Gasteiger partial charge in [-0.3, -0.25) is 4.79 Å². The number of ether oxygens (including phenoxy) is 2. The van der Waals surface area contributed by atoms with E-state index >= 15 is 0 Å². The Morgan fingerprint density at radius 1 is 0.471 bits per heavy atom. The first-order valence-corrected chi connectivity index (χ1v) is 20.5. The Bertz CT molecular complexity index is 1010. The molecule has 0 aromatic carbocycles. The summed E-state index contributed by atoms with van der Waals surface area (Å²) in [6, 6.07) is 0. The highest BCUT2D eigenvalue weighted by Crippen LogP contribution is 2.12. The molecule has 0 aliphatic carbocycles. The lowest BCUT2D eigenvalue weighted by molar-refractivity contribution is -0.154. The lowest BCUT2D eigenvalue weighted by Gasteiger charge is -2.15. The minimum absolute atomic E-state index is 0.200. The van der Waals surface area contributed by atoms with Crippen molar-refractivity contribution < 1.29 is 19.4 Å². The van der Waals surface area contributed by atoms with Crippen LogP contribution in [0, 0.1) is 0 Å². The molecule has 0 aromatic heterocycles. The van der Waals surface area contributed by atoms with Gasteiger partial charge in [0.15, 0.2) is 0 Å². The van der Waals surface area contributed by atoms with Gasteiger partial charge >= 0.3 is 5.97 Å². The molecule has 0 amide bonds. The van der Waals surface area contributed by atoms with Gasteiger partial charge in [0.1, 0.15) is 6.10 Å². The molecule has 0 aliphatic heterocycles. The van der Waals surface area contributed by atoms with E-state index in [4.69, 9.17) is 9.47 Å². The standard InChI is InChI=1S/C47H76O4/c1-3-5-7-9-11-13-15-17-19-21-23-24-25-26-28-30-32-34-36-38-40-42-47(49)51-46(44-48)45-50-43-41-39-37-35-33-31-29-27-22-20-18-16-14-12-10-8-6-4-2/h5-8,11-14,17-20,23-24,27,29,33,35,46,48H,3-4,9-10,15-16,21-22,25-26,28,30-32,34,36-45H2,1-2H3/b7-5-,8-6-,13-11-,14-12-,19-17-,20-18-,24-23-,29-27-,35-33-. The van der Waals surface area contributed by atoms with Crippen LogP contribution in [0.5, 0.6) is 0 Å². The highest BCUT2D eigenvalue weighted by atomic mass is 16.6. The predicted octanol–water partition coefficient (Wildman–Crippen LogP) is 13.5. The van der Waals surface area contributed by atoms with E-state index in [2.05, 4.69) is 123 Å². The van der Waals surface area contributed by atoms with Gasteiger partial charge < -0.3 is 14.6 Å². The first kappa shape index (κ1) is 48.0. The zero-order chi connectivity index (χ0) is 37.0. The summed E-state index contributed by atoms with van der Waals surface area (Å²) in [4.78, 5) is 12.2. The summed E-state index contributed by atoms with van der Waals surface area (Å²) < 4.78 is 11.1. The van der Waals surface area contributed by atoms with Crippen LogP contribution in [-0.4, -0.2) is 37.0 Å². The number of aliphatic hydroxyl groups is 1. The van der Waals surface area contributed by atoms with Crippen LogP contribution in [-0.2, 0) is 14.3 Å². The molecule has 1 N–H and O–H groups in total. The third-order valence-electron chi connectivity index (χ3n) is 8.09. The van der Waals surface area contributed by atoms with Gasteiger partial charge in [0, 0.05) is 13.0 Å². The van der Waals surface area contributed by atoms with Crippen molar-refractivity contribution in [3.05, 3.63) is 109 Å². The van der Waals surface area contributed by atoms with E-state index in [1.807, 2.05) is 0 Å². The van der Waals surface area contributed by atoms with Crippen LogP contribution in [0.15, 0.2) is 109 Å². The second kappa shape index (κ2) is 43.2. The van der Waals surface area contributed by atoms with E-state index in [1.165, 1.54) is 38.5 Å². The summed E-state index contributed by atoms with van der Waals surface area (Å²) in [6.07, 6.45) is 62.9. The lowest BCUT2D eigenvalue weighted by Crippen LogP contribution is -2.27. The van der Waals surface area contributed by atoms with Crippen LogP contribution in [0.2, 0.25) is 0 Å². The highest BCUT2D eigenvalue weighted by molar-refractivity contribution is 5.69. The minimum Gasteiger partial charge on any atom is -0.457 e. The Labute approximate surface area is 315 Å². The molecular formula is C47H76O4. The lowest BCUT2D eigenvalue weighted by atomic mass is 10.1. The SMILES string of the molecule is CC/C=C\C/C=C\C/C=C\C/C=C\C/C=C\CCCCOCC(CO)OC(=O)CCCCCCCCCC/C=C\C/C=C\C/C=C\C/C=C\CC. The van der Waals surface area contributed by atoms with Crippen LogP contribution in [0.25, 0.3) is 0 Å². The van der Waals surface area contributed by atoms with Gasteiger partial charge in [0.2, 0.25) is 0 Å². The van der Waals surface area contributed by atoms with Crippen molar-refractivity contribution in [2.75, 3.05) is 19.8 Å². The summed E-state index contributed by atoms with van der Waals surface area (Å²) in [5, 5.41) is 9.59. The fourth-order valence-corrected chi connectivity index (χ4v) is 5.11. The number of rotatable bonds is 36. The molecule has 0 saturated carbocycles. The Morgan fingerprint density at radius 3 is 1.24 bits per heavy atom. The van der Waals surface area contributed by atoms with Gasteiger partial charge in [-0.05, 0) is 96.3 Å². The van der Waals surface area contributed by atoms with Gasteiger partial charge in [-0.2, -0.15) is 0 Å². The second-order valence-electron chi connectivity index (χ2n) is 12.9. The molecule has 288 valence electrons. The van der Waals surface area contributed by atoms with E-state index < -0.39 is 6.10 Å². The average molecular weight is 705 g/mol. The van der Waals surface area contributed by atoms with Gasteiger partial charge in [-0.15, -0.1) is 0 Å². The van der Waals surface area contributed by atoms with E-state index in [0.717, 1.165) is 96.3 Å². The maximum Gasteiger partial charge on any atom is 0.306 e. The Balaban J connectivity index is 3.58. The maximum absolute atomic E-state index is 12.2. The second-order valence-corrected chi connectivity index (χ2v) is 12.9. The number of hydrogen-bond donors (Lipinski definition) is 1. The summed E-state index contributed by atoms with van der Waals surface area (Å²) in [5.41, 5.74) is 0. The molecule has 4 nitrogen and oxygen atoms in total. The molecule has 1 unspecified atom stereocenters. The largest absolute Gasteiger partial charge is 0.457 e. The molecule has 0 heterocycles. The number of aliphatic hydroxyl groups excluding tert-OH is 1. The van der Waals surface area contributed by atoms with E-state index in [0.29, 0.717) is 13.0 Å². The smallest absolute Gasteiger partial charge is 0.306 e. The first-order chi connectivity index (χ1) is 25.2. The van der Waals surface area contributed by atoms with E-state index in [-0.39, 0.29) is 19.2 Å². The van der Waals surface area contributed by atoms with Gasteiger partial charge in [0.05, 0.1) is 13.2 Å². The molecule has 0 spiro atoms. The zero-order valence-electron chi connectivity index (χ0n) is 32.8. The van der Waals surface area contributed by atoms with Gasteiger partial charge in [0.25, 0.3) is 0 Å². The Morgan fingerprint density at radius 2 is 0.824 bits per heavy atom. The number of carbonyl (C=O) groups excluding carboxylic acids is 1. The van der Waals surface area contributed by atoms with Crippen LogP contribution in [0.1, 0.15) is 155 Å². The van der Waals surface area contributed by atoms with E-state index in [9.17, 15) is 9.90 Å². The highest BCUT2D eigenvalue weighted by Gasteiger charge is 2.13. The zero-order valence-corrected chi connectivity index (χ0v) is 32.8. The minimum atomic E-state index is -0.569. The van der Waals surface area contributed by atoms with Crippen LogP contribution in [0.3, 0.4) is 0 Å². The van der Waals surface area contributed by atoms with Crippen molar-refractivity contribution in [2.45, 2.75) is 161 Å². The molecule has 0 bridgehead atoms. The van der Waals surface area contributed by atoms with Crippen LogP contribution < -0.4 is 0 Å². The average Bonchev–Trinajstić information content (AvgIpc) is 3.14. The maximum atomic E-state index is 12.2. The van der Waals surface area contributed by atoms with Crippen molar-refractivity contribution in [3.8, 4) is 0 Å². The normalized spacial score (nSPS) is 13.5. The van der Waals surface area contributed by atoms with Gasteiger partial charge in [-0.1, -0.05) is 162 Å². The van der Waals surface area contributed by atoms with Crippen molar-refractivity contribution in [3.63, 3.8) is 0 Å². The molecule has 0 radical (unpaired) electrons. The van der Waals surface area contributed by atoms with Crippen molar-refractivity contribution in [1.29, 1.82) is 0 Å². The number of allylic oxidation sites excluding steroid dienone is 18. The molecular weight excluding hydrogens is 629 g/mol. The molecule has 0 aliphatic rings. The Hall–Kier alpha value is -2.95. The third-order valence-corrected chi connectivity index (χ3v) is 8.09. The molecule has 51 heavy (non-hydrogen) atoms. The fourth-order valence-electron chi connectivity index (χ4n) is 5.11. The summed E-state index contributed by atoms with van der Waals surface area (Å²) >= 11 is 0. The van der Waals surface area contributed by atoms with Gasteiger partial charge in [-0.25, -0.2) is 0 Å². The van der Waals surface area contributed by atoms with Crippen molar-refractivity contribution in [2.24, 2.45) is 0 Å². The summed E-state index contributed by atoms with van der Waals surface area (Å²) in [5.74, 6) is -0.230. The quantitative estimate of drug-likeness (QED) is 0.0401. The molecule has 0 rings (SSSR count).